The molecule has 1 N–H and O–H groups in total. The van der Waals surface area contributed by atoms with Crippen LogP contribution in [0.4, 0.5) is 0 Å². The minimum Gasteiger partial charge on any atom is -0.316 e. The van der Waals surface area contributed by atoms with Crippen molar-refractivity contribution < 1.29 is 0 Å². The quantitative estimate of drug-likeness (QED) is 0.877. The maximum atomic E-state index is 3.55. The van der Waals surface area contributed by atoms with E-state index in [0.717, 1.165) is 12.0 Å². The zero-order valence-electron chi connectivity index (χ0n) is 11.1. The highest BCUT2D eigenvalue weighted by atomic mass is 15.2. The molecular formula is C16H24N2. The van der Waals surface area contributed by atoms with Gasteiger partial charge < -0.3 is 5.32 Å². The van der Waals surface area contributed by atoms with Crippen molar-refractivity contribution in [3.63, 3.8) is 0 Å². The zero-order chi connectivity index (χ0) is 12.2. The molecule has 0 spiro atoms. The number of rotatable bonds is 3. The number of hydrogen-bond acceptors (Lipinski definition) is 2. The molecule has 2 aliphatic rings. The summed E-state index contributed by atoms with van der Waals surface area (Å²) in [4.78, 5) is 2.75. The number of likely N-dealkylation sites (tertiary alicyclic amines) is 1. The lowest BCUT2D eigenvalue weighted by Gasteiger charge is -2.44. The number of benzene rings is 1. The van der Waals surface area contributed by atoms with Crippen molar-refractivity contribution in [3.8, 4) is 0 Å². The molecule has 98 valence electrons. The molecule has 2 unspecified atom stereocenters. The largest absolute Gasteiger partial charge is 0.316 e. The van der Waals surface area contributed by atoms with E-state index in [1.807, 2.05) is 0 Å². The summed E-state index contributed by atoms with van der Waals surface area (Å²) >= 11 is 0. The summed E-state index contributed by atoms with van der Waals surface area (Å²) in [6, 6.07) is 11.8. The fraction of sp³-hybridized carbons (Fsp3) is 0.625. The first-order chi connectivity index (χ1) is 8.93. The smallest absolute Gasteiger partial charge is 0.0148 e. The van der Waals surface area contributed by atoms with Crippen LogP contribution in [-0.2, 0) is 6.42 Å². The van der Waals surface area contributed by atoms with Gasteiger partial charge in [0.25, 0.3) is 0 Å². The zero-order valence-corrected chi connectivity index (χ0v) is 11.1. The molecule has 2 fully saturated rings. The number of nitrogens with zero attached hydrogens (tertiary/aromatic N) is 1. The highest BCUT2D eigenvalue weighted by Crippen LogP contribution is 2.27. The van der Waals surface area contributed by atoms with Crippen LogP contribution in [0.15, 0.2) is 30.3 Å². The van der Waals surface area contributed by atoms with Crippen molar-refractivity contribution in [2.45, 2.75) is 31.7 Å². The molecule has 3 rings (SSSR count). The van der Waals surface area contributed by atoms with Crippen molar-refractivity contribution in [2.75, 3.05) is 26.2 Å². The van der Waals surface area contributed by atoms with E-state index in [1.54, 1.807) is 0 Å². The first kappa shape index (κ1) is 12.2. The lowest BCUT2D eigenvalue weighted by molar-refractivity contribution is 0.0703. The normalized spacial score (nSPS) is 28.9. The van der Waals surface area contributed by atoms with Crippen molar-refractivity contribution in [1.82, 2.24) is 10.2 Å². The van der Waals surface area contributed by atoms with Gasteiger partial charge in [0, 0.05) is 12.6 Å². The van der Waals surface area contributed by atoms with Crippen LogP contribution >= 0.6 is 0 Å². The van der Waals surface area contributed by atoms with Crippen LogP contribution in [0.3, 0.4) is 0 Å². The molecule has 0 saturated carbocycles. The predicted octanol–water partition coefficient (Wildman–Crippen LogP) is 2.30. The predicted molar refractivity (Wildman–Crippen MR) is 75.7 cm³/mol. The molecule has 2 nitrogen and oxygen atoms in total. The molecule has 2 heterocycles. The van der Waals surface area contributed by atoms with Crippen LogP contribution in [0, 0.1) is 5.92 Å². The molecular weight excluding hydrogens is 220 g/mol. The van der Waals surface area contributed by atoms with Crippen LogP contribution in [0.2, 0.25) is 0 Å². The van der Waals surface area contributed by atoms with Gasteiger partial charge in [-0.05, 0) is 56.8 Å². The van der Waals surface area contributed by atoms with Gasteiger partial charge in [-0.25, -0.2) is 0 Å². The summed E-state index contributed by atoms with van der Waals surface area (Å²) in [6.45, 7) is 5.01. The van der Waals surface area contributed by atoms with E-state index in [-0.39, 0.29) is 0 Å². The third-order valence-corrected chi connectivity index (χ3v) is 4.59. The Balaban J connectivity index is 1.58. The Morgan fingerprint density at radius 2 is 2.06 bits per heavy atom. The van der Waals surface area contributed by atoms with Gasteiger partial charge in [-0.15, -0.1) is 0 Å². The molecule has 2 atom stereocenters. The second kappa shape index (κ2) is 5.85. The standard InChI is InChI=1S/C16H24N2/c1-2-5-14(6-3-1)9-12-18-11-4-7-15-13-17-10-8-16(15)18/h1-3,5-6,15-17H,4,7-13H2. The highest BCUT2D eigenvalue weighted by molar-refractivity contribution is 5.15. The number of piperidine rings is 2. The van der Waals surface area contributed by atoms with Crippen LogP contribution in [0.25, 0.3) is 0 Å². The summed E-state index contributed by atoms with van der Waals surface area (Å²) in [6.07, 6.45) is 5.37. The van der Waals surface area contributed by atoms with E-state index >= 15 is 0 Å². The van der Waals surface area contributed by atoms with E-state index < -0.39 is 0 Å². The molecule has 18 heavy (non-hydrogen) atoms. The average molecular weight is 244 g/mol. The Hall–Kier alpha value is -0.860. The number of nitrogens with one attached hydrogen (secondary N) is 1. The SMILES string of the molecule is c1ccc(CCN2CCCC3CNCCC32)cc1. The lowest BCUT2D eigenvalue weighted by Crippen LogP contribution is -2.53. The first-order valence-corrected chi connectivity index (χ1v) is 7.42. The summed E-state index contributed by atoms with van der Waals surface area (Å²) in [5, 5.41) is 3.55. The molecule has 1 aromatic rings. The van der Waals surface area contributed by atoms with Crippen LogP contribution in [0.1, 0.15) is 24.8 Å². The van der Waals surface area contributed by atoms with E-state index in [0.29, 0.717) is 0 Å². The fourth-order valence-electron chi connectivity index (χ4n) is 3.60. The maximum Gasteiger partial charge on any atom is 0.0148 e. The van der Waals surface area contributed by atoms with Gasteiger partial charge in [0.15, 0.2) is 0 Å². The topological polar surface area (TPSA) is 15.3 Å². The van der Waals surface area contributed by atoms with Crippen LogP contribution < -0.4 is 5.32 Å². The molecule has 2 heteroatoms. The van der Waals surface area contributed by atoms with Gasteiger partial charge in [-0.3, -0.25) is 4.90 Å². The average Bonchev–Trinajstić information content (AvgIpc) is 2.46. The molecule has 2 aliphatic heterocycles. The molecule has 0 bridgehead atoms. The van der Waals surface area contributed by atoms with Gasteiger partial charge in [-0.1, -0.05) is 30.3 Å². The summed E-state index contributed by atoms with van der Waals surface area (Å²) in [7, 11) is 0. The molecule has 0 aliphatic carbocycles. The van der Waals surface area contributed by atoms with Gasteiger partial charge in [0.1, 0.15) is 0 Å². The van der Waals surface area contributed by atoms with Gasteiger partial charge >= 0.3 is 0 Å². The monoisotopic (exact) mass is 244 g/mol. The Morgan fingerprint density at radius 1 is 1.17 bits per heavy atom. The second-order valence-corrected chi connectivity index (χ2v) is 5.73. The van der Waals surface area contributed by atoms with E-state index in [4.69, 9.17) is 0 Å². The van der Waals surface area contributed by atoms with Crippen molar-refractivity contribution in [1.29, 1.82) is 0 Å². The summed E-state index contributed by atoms with van der Waals surface area (Å²) < 4.78 is 0. The molecule has 2 saturated heterocycles. The summed E-state index contributed by atoms with van der Waals surface area (Å²) in [5.74, 6) is 0.906. The first-order valence-electron chi connectivity index (χ1n) is 7.42. The Morgan fingerprint density at radius 3 is 2.94 bits per heavy atom. The third-order valence-electron chi connectivity index (χ3n) is 4.59. The summed E-state index contributed by atoms with van der Waals surface area (Å²) in [5.41, 5.74) is 1.48. The molecule has 1 aromatic carbocycles. The molecule has 0 aromatic heterocycles. The van der Waals surface area contributed by atoms with Gasteiger partial charge in [-0.2, -0.15) is 0 Å². The Kier molecular flexibility index (Phi) is 3.96. The Bertz CT molecular complexity index is 361. The maximum absolute atomic E-state index is 3.55. The lowest BCUT2D eigenvalue weighted by atomic mass is 9.84. The van der Waals surface area contributed by atoms with Crippen molar-refractivity contribution >= 4 is 0 Å². The van der Waals surface area contributed by atoms with E-state index in [2.05, 4.69) is 40.5 Å². The van der Waals surface area contributed by atoms with E-state index in [9.17, 15) is 0 Å². The molecule has 0 radical (unpaired) electrons. The Labute approximate surface area is 110 Å². The van der Waals surface area contributed by atoms with Gasteiger partial charge in [0.2, 0.25) is 0 Å². The van der Waals surface area contributed by atoms with Crippen molar-refractivity contribution in [3.05, 3.63) is 35.9 Å². The van der Waals surface area contributed by atoms with Gasteiger partial charge in [0.05, 0.1) is 0 Å². The van der Waals surface area contributed by atoms with E-state index in [1.165, 1.54) is 57.4 Å². The fourth-order valence-corrected chi connectivity index (χ4v) is 3.60. The third kappa shape index (κ3) is 2.76. The highest BCUT2D eigenvalue weighted by Gasteiger charge is 2.32. The number of fused-ring (bicyclic) bond motifs is 1. The van der Waals surface area contributed by atoms with Crippen molar-refractivity contribution in [2.24, 2.45) is 5.92 Å². The van der Waals surface area contributed by atoms with Crippen LogP contribution in [0.5, 0.6) is 0 Å². The minimum atomic E-state index is 0.851. The number of hydrogen-bond donors (Lipinski definition) is 1. The minimum absolute atomic E-state index is 0.851. The van der Waals surface area contributed by atoms with Crippen LogP contribution in [-0.4, -0.2) is 37.1 Å². The molecule has 0 amide bonds. The second-order valence-electron chi connectivity index (χ2n) is 5.73.